The number of amides is 1. The van der Waals surface area contributed by atoms with Gasteiger partial charge in [-0.25, -0.2) is 4.79 Å². The standard InChI is InChI=1S/C15H19NO7/c1-20-9(17)7-15-10(13(18)16-12(15)14(19)21-2)11-8(23-15)5-3-4-6-22-11/h3,5,8,10-12H,4,6-7H2,1-2H3,(H,16,18)/t8-,10+,11+,12-,15+/m0/s1. The molecule has 0 radical (unpaired) electrons. The van der Waals surface area contributed by atoms with Gasteiger partial charge in [-0.1, -0.05) is 12.2 Å². The summed E-state index contributed by atoms with van der Waals surface area (Å²) in [6, 6.07) is -1.08. The maximum atomic E-state index is 12.5. The predicted octanol–water partition coefficient (Wildman–Crippen LogP) is -0.680. The number of carbonyl (C=O) groups is 3. The average molecular weight is 325 g/mol. The van der Waals surface area contributed by atoms with Crippen LogP contribution in [0.2, 0.25) is 0 Å². The molecule has 0 aromatic rings. The molecule has 0 aliphatic carbocycles. The Kier molecular flexibility index (Phi) is 4.11. The number of nitrogens with one attached hydrogen (secondary N) is 1. The Morgan fingerprint density at radius 1 is 1.39 bits per heavy atom. The van der Waals surface area contributed by atoms with Crippen LogP contribution in [0.3, 0.4) is 0 Å². The highest BCUT2D eigenvalue weighted by Gasteiger charge is 2.69. The molecular formula is C15H19NO7. The van der Waals surface area contributed by atoms with Crippen molar-refractivity contribution >= 4 is 17.8 Å². The van der Waals surface area contributed by atoms with E-state index in [1.165, 1.54) is 14.2 Å². The molecule has 0 aromatic heterocycles. The molecule has 0 bridgehead atoms. The zero-order chi connectivity index (χ0) is 16.6. The Labute approximate surface area is 133 Å². The fraction of sp³-hybridized carbons (Fsp3) is 0.667. The van der Waals surface area contributed by atoms with Crippen molar-refractivity contribution < 1.29 is 33.3 Å². The highest BCUT2D eigenvalue weighted by molar-refractivity contribution is 5.94. The molecule has 3 heterocycles. The van der Waals surface area contributed by atoms with Crippen molar-refractivity contribution in [1.29, 1.82) is 0 Å². The van der Waals surface area contributed by atoms with Crippen LogP contribution < -0.4 is 5.32 Å². The number of rotatable bonds is 3. The van der Waals surface area contributed by atoms with Gasteiger partial charge in [0.2, 0.25) is 5.91 Å². The molecule has 0 aromatic carbocycles. The summed E-state index contributed by atoms with van der Waals surface area (Å²) in [6.07, 6.45) is 3.16. The van der Waals surface area contributed by atoms with Gasteiger partial charge in [-0.2, -0.15) is 0 Å². The van der Waals surface area contributed by atoms with Gasteiger partial charge >= 0.3 is 11.9 Å². The fourth-order valence-electron chi connectivity index (χ4n) is 3.60. The molecule has 5 atom stereocenters. The number of hydrogen-bond donors (Lipinski definition) is 1. The Balaban J connectivity index is 2.02. The molecule has 23 heavy (non-hydrogen) atoms. The monoisotopic (exact) mass is 325 g/mol. The highest BCUT2D eigenvalue weighted by atomic mass is 16.6. The minimum atomic E-state index is -1.37. The van der Waals surface area contributed by atoms with Gasteiger partial charge < -0.3 is 24.3 Å². The van der Waals surface area contributed by atoms with Gasteiger partial charge in [0.25, 0.3) is 0 Å². The van der Waals surface area contributed by atoms with Gasteiger partial charge in [-0.05, 0) is 6.42 Å². The Hall–Kier alpha value is -1.93. The molecule has 8 nitrogen and oxygen atoms in total. The van der Waals surface area contributed by atoms with Crippen LogP contribution >= 0.6 is 0 Å². The lowest BCUT2D eigenvalue weighted by Gasteiger charge is -2.30. The molecule has 2 saturated heterocycles. The lowest BCUT2D eigenvalue weighted by atomic mass is 9.80. The largest absolute Gasteiger partial charge is 0.469 e. The summed E-state index contributed by atoms with van der Waals surface area (Å²) in [5.41, 5.74) is -1.37. The number of carbonyl (C=O) groups excluding carboxylic acids is 3. The first-order valence-corrected chi connectivity index (χ1v) is 7.44. The summed E-state index contributed by atoms with van der Waals surface area (Å²) >= 11 is 0. The van der Waals surface area contributed by atoms with Gasteiger partial charge in [0, 0.05) is 0 Å². The van der Waals surface area contributed by atoms with Crippen LogP contribution in [0.25, 0.3) is 0 Å². The minimum Gasteiger partial charge on any atom is -0.469 e. The minimum absolute atomic E-state index is 0.239. The second-order valence-corrected chi connectivity index (χ2v) is 5.78. The Morgan fingerprint density at radius 2 is 2.17 bits per heavy atom. The normalized spacial score (nSPS) is 38.3. The highest BCUT2D eigenvalue weighted by Crippen LogP contribution is 2.48. The number of hydrogen-bond acceptors (Lipinski definition) is 7. The van der Waals surface area contributed by atoms with E-state index in [1.807, 2.05) is 12.2 Å². The summed E-state index contributed by atoms with van der Waals surface area (Å²) < 4.78 is 21.3. The summed E-state index contributed by atoms with van der Waals surface area (Å²) in [7, 11) is 2.46. The second kappa shape index (κ2) is 5.93. The quantitative estimate of drug-likeness (QED) is 0.542. The third-order valence-electron chi connectivity index (χ3n) is 4.60. The molecular weight excluding hydrogens is 306 g/mol. The molecule has 0 spiro atoms. The summed E-state index contributed by atoms with van der Waals surface area (Å²) in [5.74, 6) is -2.39. The molecule has 3 aliphatic rings. The van der Waals surface area contributed by atoms with Gasteiger partial charge in [-0.15, -0.1) is 0 Å². The van der Waals surface area contributed by atoms with Crippen molar-refractivity contribution in [1.82, 2.24) is 5.32 Å². The van der Waals surface area contributed by atoms with E-state index in [9.17, 15) is 14.4 Å². The van der Waals surface area contributed by atoms with Crippen molar-refractivity contribution in [2.24, 2.45) is 5.92 Å². The van der Waals surface area contributed by atoms with E-state index >= 15 is 0 Å². The summed E-state index contributed by atoms with van der Waals surface area (Å²) in [4.78, 5) is 36.5. The lowest BCUT2D eigenvalue weighted by molar-refractivity contribution is -0.159. The van der Waals surface area contributed by atoms with E-state index in [1.54, 1.807) is 0 Å². The van der Waals surface area contributed by atoms with Crippen LogP contribution in [0.5, 0.6) is 0 Å². The third-order valence-corrected chi connectivity index (χ3v) is 4.60. The van der Waals surface area contributed by atoms with Gasteiger partial charge in [0.1, 0.15) is 17.8 Å². The van der Waals surface area contributed by atoms with Gasteiger partial charge in [-0.3, -0.25) is 9.59 Å². The van der Waals surface area contributed by atoms with E-state index < -0.39 is 41.7 Å². The second-order valence-electron chi connectivity index (χ2n) is 5.78. The maximum Gasteiger partial charge on any atom is 0.331 e. The number of methoxy groups -OCH3 is 2. The van der Waals surface area contributed by atoms with Crippen LogP contribution in [0.1, 0.15) is 12.8 Å². The first-order valence-electron chi connectivity index (χ1n) is 7.44. The van der Waals surface area contributed by atoms with Crippen LogP contribution in [-0.2, 0) is 33.3 Å². The van der Waals surface area contributed by atoms with Crippen molar-refractivity contribution in [3.8, 4) is 0 Å². The molecule has 0 saturated carbocycles. The average Bonchev–Trinajstić information content (AvgIpc) is 2.87. The molecule has 3 rings (SSSR count). The molecule has 3 aliphatic heterocycles. The van der Waals surface area contributed by atoms with Crippen molar-refractivity contribution in [2.75, 3.05) is 20.8 Å². The first-order chi connectivity index (χ1) is 11.0. The number of fused-ring (bicyclic) bond motifs is 3. The first kappa shape index (κ1) is 15.9. The van der Waals surface area contributed by atoms with Crippen molar-refractivity contribution in [2.45, 2.75) is 36.7 Å². The molecule has 2 fully saturated rings. The zero-order valence-corrected chi connectivity index (χ0v) is 12.9. The summed E-state index contributed by atoms with van der Waals surface area (Å²) in [5, 5.41) is 2.58. The predicted molar refractivity (Wildman–Crippen MR) is 75.2 cm³/mol. The SMILES string of the molecule is COC(=O)C[C@@]12O[C@H]3C=CCCO[C@H]3[C@@H]1C(=O)N[C@H]2C(=O)OC. The van der Waals surface area contributed by atoms with Crippen molar-refractivity contribution in [3.05, 3.63) is 12.2 Å². The number of ether oxygens (including phenoxy) is 4. The van der Waals surface area contributed by atoms with Gasteiger partial charge in [0.05, 0.1) is 33.2 Å². The van der Waals surface area contributed by atoms with Crippen LogP contribution in [0.4, 0.5) is 0 Å². The van der Waals surface area contributed by atoms with Gasteiger partial charge in [0.15, 0.2) is 6.04 Å². The molecule has 1 amide bonds. The molecule has 126 valence electrons. The van der Waals surface area contributed by atoms with Crippen LogP contribution in [0.15, 0.2) is 12.2 Å². The van der Waals surface area contributed by atoms with E-state index in [0.29, 0.717) is 6.61 Å². The molecule has 8 heteroatoms. The lowest BCUT2D eigenvalue weighted by Crippen LogP contribution is -2.52. The van der Waals surface area contributed by atoms with E-state index in [0.717, 1.165) is 6.42 Å². The smallest absolute Gasteiger partial charge is 0.331 e. The third kappa shape index (κ3) is 2.42. The Morgan fingerprint density at radius 3 is 2.87 bits per heavy atom. The van der Waals surface area contributed by atoms with E-state index in [4.69, 9.17) is 18.9 Å². The van der Waals surface area contributed by atoms with Crippen LogP contribution in [0, 0.1) is 5.92 Å². The maximum absolute atomic E-state index is 12.5. The number of esters is 2. The van der Waals surface area contributed by atoms with Crippen LogP contribution in [-0.4, -0.2) is 62.5 Å². The fourth-order valence-corrected chi connectivity index (χ4v) is 3.60. The topological polar surface area (TPSA) is 100 Å². The summed E-state index contributed by atoms with van der Waals surface area (Å²) in [6.45, 7) is 0.446. The Bertz CT molecular complexity index is 560. The van der Waals surface area contributed by atoms with Crippen molar-refractivity contribution in [3.63, 3.8) is 0 Å². The molecule has 0 unspecified atom stereocenters. The van der Waals surface area contributed by atoms with E-state index in [2.05, 4.69) is 5.32 Å². The molecule has 1 N–H and O–H groups in total. The van der Waals surface area contributed by atoms with E-state index in [-0.39, 0.29) is 12.3 Å². The zero-order valence-electron chi connectivity index (χ0n) is 12.9.